The lowest BCUT2D eigenvalue weighted by Gasteiger charge is -2.18. The van der Waals surface area contributed by atoms with Gasteiger partial charge in [0, 0.05) is 0 Å². The summed E-state index contributed by atoms with van der Waals surface area (Å²) in [6.45, 7) is 6.44. The van der Waals surface area contributed by atoms with Gasteiger partial charge in [-0.05, 0) is 37.0 Å². The van der Waals surface area contributed by atoms with Crippen LogP contribution in [0.25, 0.3) is 0 Å². The van der Waals surface area contributed by atoms with Crippen LogP contribution >= 0.6 is 0 Å². The van der Waals surface area contributed by atoms with Crippen molar-refractivity contribution in [3.63, 3.8) is 0 Å². The SMILES string of the molecule is CCCc1ccc(C(NN)c2cc(C)cc(C)c2)cc1. The smallest absolute Gasteiger partial charge is 0.0710 e. The van der Waals surface area contributed by atoms with Gasteiger partial charge in [0.25, 0.3) is 0 Å². The lowest BCUT2D eigenvalue weighted by Crippen LogP contribution is -2.29. The number of nitrogens with one attached hydrogen (secondary N) is 1. The molecule has 0 radical (unpaired) electrons. The van der Waals surface area contributed by atoms with Gasteiger partial charge in [-0.2, -0.15) is 0 Å². The van der Waals surface area contributed by atoms with Crippen LogP contribution in [0.3, 0.4) is 0 Å². The van der Waals surface area contributed by atoms with E-state index in [0.717, 1.165) is 6.42 Å². The third-order valence-corrected chi connectivity index (χ3v) is 3.60. The summed E-state index contributed by atoms with van der Waals surface area (Å²) in [5, 5.41) is 0. The summed E-state index contributed by atoms with van der Waals surface area (Å²) in [7, 11) is 0. The predicted octanol–water partition coefficient (Wildman–Crippen LogP) is 3.81. The first-order valence-electron chi connectivity index (χ1n) is 7.27. The van der Waals surface area contributed by atoms with E-state index in [-0.39, 0.29) is 6.04 Å². The highest BCUT2D eigenvalue weighted by molar-refractivity contribution is 5.37. The topological polar surface area (TPSA) is 38.0 Å². The van der Waals surface area contributed by atoms with Crippen molar-refractivity contribution in [3.05, 3.63) is 70.3 Å². The summed E-state index contributed by atoms with van der Waals surface area (Å²) in [6.07, 6.45) is 2.31. The maximum atomic E-state index is 5.78. The molecule has 1 atom stereocenters. The second kappa shape index (κ2) is 6.69. The van der Waals surface area contributed by atoms with Crippen LogP contribution in [0.15, 0.2) is 42.5 Å². The fourth-order valence-electron chi connectivity index (χ4n) is 2.73. The average Bonchev–Trinajstić information content (AvgIpc) is 2.41. The number of nitrogens with two attached hydrogens (primary N) is 1. The highest BCUT2D eigenvalue weighted by Crippen LogP contribution is 2.24. The van der Waals surface area contributed by atoms with E-state index in [1.165, 1.54) is 34.2 Å². The number of aryl methyl sites for hydroxylation is 3. The van der Waals surface area contributed by atoms with Gasteiger partial charge < -0.3 is 0 Å². The molecule has 2 aromatic carbocycles. The van der Waals surface area contributed by atoms with Crippen LogP contribution < -0.4 is 11.3 Å². The molecule has 2 aromatic rings. The van der Waals surface area contributed by atoms with Gasteiger partial charge in [-0.25, -0.2) is 5.43 Å². The van der Waals surface area contributed by atoms with Gasteiger partial charge in [-0.15, -0.1) is 0 Å². The molecule has 0 saturated carbocycles. The average molecular weight is 268 g/mol. The minimum atomic E-state index is 0.0456. The van der Waals surface area contributed by atoms with Gasteiger partial charge in [0.05, 0.1) is 6.04 Å². The summed E-state index contributed by atoms with van der Waals surface area (Å²) in [6, 6.07) is 15.4. The Morgan fingerprint density at radius 2 is 1.55 bits per heavy atom. The fourth-order valence-corrected chi connectivity index (χ4v) is 2.73. The molecule has 2 nitrogen and oxygen atoms in total. The maximum absolute atomic E-state index is 5.78. The monoisotopic (exact) mass is 268 g/mol. The van der Waals surface area contributed by atoms with E-state index < -0.39 is 0 Å². The lowest BCUT2D eigenvalue weighted by molar-refractivity contribution is 0.636. The van der Waals surface area contributed by atoms with E-state index in [1.54, 1.807) is 0 Å². The lowest BCUT2D eigenvalue weighted by atomic mass is 9.95. The van der Waals surface area contributed by atoms with Gasteiger partial charge in [0.1, 0.15) is 0 Å². The van der Waals surface area contributed by atoms with Gasteiger partial charge in [0.2, 0.25) is 0 Å². The zero-order valence-corrected chi connectivity index (χ0v) is 12.6. The van der Waals surface area contributed by atoms with Crippen LogP contribution in [-0.4, -0.2) is 0 Å². The Hall–Kier alpha value is -1.64. The molecule has 1 unspecified atom stereocenters. The molecule has 0 spiro atoms. The van der Waals surface area contributed by atoms with Gasteiger partial charge in [0.15, 0.2) is 0 Å². The highest BCUT2D eigenvalue weighted by Gasteiger charge is 2.12. The number of rotatable bonds is 5. The molecule has 0 aliphatic carbocycles. The van der Waals surface area contributed by atoms with Crippen molar-refractivity contribution < 1.29 is 0 Å². The van der Waals surface area contributed by atoms with Crippen LogP contribution in [0.2, 0.25) is 0 Å². The Bertz CT molecular complexity index is 538. The zero-order valence-electron chi connectivity index (χ0n) is 12.6. The van der Waals surface area contributed by atoms with Crippen LogP contribution in [0.4, 0.5) is 0 Å². The largest absolute Gasteiger partial charge is 0.271 e. The van der Waals surface area contributed by atoms with Crippen molar-refractivity contribution >= 4 is 0 Å². The van der Waals surface area contributed by atoms with E-state index in [1.807, 2.05) is 0 Å². The predicted molar refractivity (Wildman–Crippen MR) is 85.5 cm³/mol. The number of hydrogen-bond acceptors (Lipinski definition) is 2. The summed E-state index contributed by atoms with van der Waals surface area (Å²) in [5.74, 6) is 5.78. The minimum Gasteiger partial charge on any atom is -0.271 e. The van der Waals surface area contributed by atoms with Crippen molar-refractivity contribution in [1.82, 2.24) is 5.43 Å². The third-order valence-electron chi connectivity index (χ3n) is 3.60. The Morgan fingerprint density at radius 3 is 2.05 bits per heavy atom. The van der Waals surface area contributed by atoms with Gasteiger partial charge in [-0.1, -0.05) is 66.9 Å². The van der Waals surface area contributed by atoms with E-state index >= 15 is 0 Å². The van der Waals surface area contributed by atoms with E-state index in [9.17, 15) is 0 Å². The van der Waals surface area contributed by atoms with Crippen molar-refractivity contribution in [2.24, 2.45) is 5.84 Å². The molecule has 106 valence electrons. The van der Waals surface area contributed by atoms with Crippen molar-refractivity contribution in [3.8, 4) is 0 Å². The molecule has 20 heavy (non-hydrogen) atoms. The molecule has 0 bridgehead atoms. The van der Waals surface area contributed by atoms with Crippen LogP contribution in [-0.2, 0) is 6.42 Å². The molecule has 0 amide bonds. The molecule has 0 fully saturated rings. The van der Waals surface area contributed by atoms with Crippen LogP contribution in [0.1, 0.15) is 47.2 Å². The molecule has 3 N–H and O–H groups in total. The first-order valence-corrected chi connectivity index (χ1v) is 7.27. The highest BCUT2D eigenvalue weighted by atomic mass is 15.2. The molecule has 0 aliphatic heterocycles. The maximum Gasteiger partial charge on any atom is 0.0710 e. The quantitative estimate of drug-likeness (QED) is 0.639. The van der Waals surface area contributed by atoms with Crippen LogP contribution in [0.5, 0.6) is 0 Å². The van der Waals surface area contributed by atoms with E-state index in [4.69, 9.17) is 5.84 Å². The first-order chi connectivity index (χ1) is 9.63. The summed E-state index contributed by atoms with van der Waals surface area (Å²) in [5.41, 5.74) is 9.28. The van der Waals surface area contributed by atoms with Crippen LogP contribution in [0, 0.1) is 13.8 Å². The minimum absolute atomic E-state index is 0.0456. The molecule has 2 heteroatoms. The normalized spacial score (nSPS) is 12.4. The second-order valence-electron chi connectivity index (χ2n) is 5.51. The molecular weight excluding hydrogens is 244 g/mol. The Balaban J connectivity index is 2.31. The molecule has 0 aromatic heterocycles. The Morgan fingerprint density at radius 1 is 0.950 bits per heavy atom. The van der Waals surface area contributed by atoms with E-state index in [0.29, 0.717) is 0 Å². The fraction of sp³-hybridized carbons (Fsp3) is 0.333. The summed E-state index contributed by atoms with van der Waals surface area (Å²) >= 11 is 0. The first kappa shape index (κ1) is 14.8. The standard InChI is InChI=1S/C18H24N2/c1-4-5-15-6-8-16(9-7-15)18(20-19)17-11-13(2)10-14(3)12-17/h6-12,18,20H,4-5,19H2,1-3H3. The Kier molecular flexibility index (Phi) is 4.94. The number of benzene rings is 2. The van der Waals surface area contributed by atoms with Crippen molar-refractivity contribution in [2.45, 2.75) is 39.7 Å². The molecule has 0 saturated heterocycles. The zero-order chi connectivity index (χ0) is 14.5. The number of hydrazine groups is 1. The Labute approximate surface area is 122 Å². The molecule has 0 heterocycles. The number of hydrogen-bond donors (Lipinski definition) is 2. The summed E-state index contributed by atoms with van der Waals surface area (Å²) in [4.78, 5) is 0. The second-order valence-corrected chi connectivity index (χ2v) is 5.51. The molecule has 0 aliphatic rings. The molecule has 2 rings (SSSR count). The van der Waals surface area contributed by atoms with Crippen molar-refractivity contribution in [1.29, 1.82) is 0 Å². The summed E-state index contributed by atoms with van der Waals surface area (Å²) < 4.78 is 0. The third kappa shape index (κ3) is 3.47. The van der Waals surface area contributed by atoms with Gasteiger partial charge >= 0.3 is 0 Å². The van der Waals surface area contributed by atoms with E-state index in [2.05, 4.69) is 68.7 Å². The molecular formula is C18H24N2. The van der Waals surface area contributed by atoms with Crippen molar-refractivity contribution in [2.75, 3.05) is 0 Å². The van der Waals surface area contributed by atoms with Gasteiger partial charge in [-0.3, -0.25) is 5.84 Å².